The highest BCUT2D eigenvalue weighted by Gasteiger charge is 2.09. The van der Waals surface area contributed by atoms with Crippen molar-refractivity contribution in [2.24, 2.45) is 0 Å². The molecule has 0 saturated carbocycles. The molecule has 0 aliphatic rings. The average Bonchev–Trinajstić information content (AvgIpc) is 2.65. The Morgan fingerprint density at radius 1 is 0.962 bits per heavy atom. The molecule has 0 aliphatic carbocycles. The van der Waals surface area contributed by atoms with Crippen LogP contribution in [-0.2, 0) is 16.1 Å². The summed E-state index contributed by atoms with van der Waals surface area (Å²) in [6, 6.07) is 14.2. The summed E-state index contributed by atoms with van der Waals surface area (Å²) in [6.07, 6.45) is -0.546. The number of aryl methyl sites for hydroxylation is 1. The van der Waals surface area contributed by atoms with Crippen LogP contribution in [0.1, 0.15) is 21.5 Å². The topological polar surface area (TPSA) is 96.5 Å². The van der Waals surface area contributed by atoms with Crippen LogP contribution in [0.4, 0.5) is 10.5 Å². The summed E-state index contributed by atoms with van der Waals surface area (Å²) in [4.78, 5) is 35.1. The zero-order chi connectivity index (χ0) is 18.9. The van der Waals surface area contributed by atoms with E-state index in [-0.39, 0.29) is 18.4 Å². The Labute approximate surface area is 151 Å². The van der Waals surface area contributed by atoms with Crippen LogP contribution in [0.2, 0.25) is 0 Å². The van der Waals surface area contributed by atoms with E-state index in [1.165, 1.54) is 7.11 Å². The molecule has 26 heavy (non-hydrogen) atoms. The lowest BCUT2D eigenvalue weighted by Gasteiger charge is -2.09. The molecule has 0 spiro atoms. The number of hydrogen-bond donors (Lipinski definition) is 3. The Balaban J connectivity index is 1.77. The molecule has 3 amide bonds. The van der Waals surface area contributed by atoms with Crippen molar-refractivity contribution in [3.8, 4) is 0 Å². The predicted molar refractivity (Wildman–Crippen MR) is 97.8 cm³/mol. The van der Waals surface area contributed by atoms with Crippen LogP contribution in [0.15, 0.2) is 48.5 Å². The van der Waals surface area contributed by atoms with Gasteiger partial charge in [0.2, 0.25) is 5.91 Å². The zero-order valence-electron chi connectivity index (χ0n) is 14.7. The highest BCUT2D eigenvalue weighted by Crippen LogP contribution is 2.09. The molecule has 0 aromatic heterocycles. The van der Waals surface area contributed by atoms with Crippen LogP contribution in [0, 0.1) is 6.92 Å². The van der Waals surface area contributed by atoms with Crippen molar-refractivity contribution in [2.45, 2.75) is 13.5 Å². The molecule has 7 nitrogen and oxygen atoms in total. The molecule has 7 heteroatoms. The molecule has 0 heterocycles. The number of methoxy groups -OCH3 is 1. The normalized spacial score (nSPS) is 9.92. The van der Waals surface area contributed by atoms with Gasteiger partial charge in [0.1, 0.15) is 0 Å². The van der Waals surface area contributed by atoms with Gasteiger partial charge in [0.25, 0.3) is 5.91 Å². The van der Waals surface area contributed by atoms with Gasteiger partial charge in [0.05, 0.1) is 13.7 Å². The Morgan fingerprint density at radius 3 is 2.31 bits per heavy atom. The molecule has 3 N–H and O–H groups in total. The lowest BCUT2D eigenvalue weighted by molar-refractivity contribution is -0.120. The second-order valence-electron chi connectivity index (χ2n) is 5.59. The largest absolute Gasteiger partial charge is 0.453 e. The molecule has 136 valence electrons. The van der Waals surface area contributed by atoms with Crippen LogP contribution in [0.3, 0.4) is 0 Å². The lowest BCUT2D eigenvalue weighted by atomic mass is 10.1. The summed E-state index contributed by atoms with van der Waals surface area (Å²) in [7, 11) is 1.29. The predicted octanol–water partition coefficient (Wildman–Crippen LogP) is 2.22. The highest BCUT2D eigenvalue weighted by molar-refractivity contribution is 5.97. The quantitative estimate of drug-likeness (QED) is 0.740. The van der Waals surface area contributed by atoms with Crippen LogP contribution < -0.4 is 16.0 Å². The minimum Gasteiger partial charge on any atom is -0.453 e. The van der Waals surface area contributed by atoms with Gasteiger partial charge in [-0.25, -0.2) is 4.79 Å². The number of ether oxygens (including phenoxy) is 1. The molecular weight excluding hydrogens is 334 g/mol. The van der Waals surface area contributed by atoms with E-state index in [4.69, 9.17) is 0 Å². The Hall–Kier alpha value is -3.35. The summed E-state index contributed by atoms with van der Waals surface area (Å²) in [5.74, 6) is -0.569. The number of carbonyl (C=O) groups is 3. The van der Waals surface area contributed by atoms with Gasteiger partial charge in [-0.05, 0) is 36.2 Å². The molecule has 2 aromatic carbocycles. The lowest BCUT2D eigenvalue weighted by Crippen LogP contribution is -2.36. The SMILES string of the molecule is COC(=O)Nc1ccc(CNC(=O)CNC(=O)c2ccccc2C)cc1. The second-order valence-corrected chi connectivity index (χ2v) is 5.59. The van der Waals surface area contributed by atoms with Crippen LogP contribution in [0.25, 0.3) is 0 Å². The van der Waals surface area contributed by atoms with Gasteiger partial charge in [-0.3, -0.25) is 14.9 Å². The smallest absolute Gasteiger partial charge is 0.411 e. The van der Waals surface area contributed by atoms with Gasteiger partial charge >= 0.3 is 6.09 Å². The first kappa shape index (κ1) is 19.0. The Morgan fingerprint density at radius 2 is 1.65 bits per heavy atom. The van der Waals surface area contributed by atoms with Crippen molar-refractivity contribution in [2.75, 3.05) is 19.0 Å². The first-order chi connectivity index (χ1) is 12.5. The van der Waals surface area contributed by atoms with E-state index in [0.29, 0.717) is 17.8 Å². The molecule has 0 radical (unpaired) electrons. The monoisotopic (exact) mass is 355 g/mol. The maximum Gasteiger partial charge on any atom is 0.411 e. The molecule has 0 aliphatic heterocycles. The summed E-state index contributed by atoms with van der Waals surface area (Å²) in [5, 5.41) is 7.87. The van der Waals surface area contributed by atoms with Crippen molar-refractivity contribution >= 4 is 23.6 Å². The molecule has 0 unspecified atom stereocenters. The average molecular weight is 355 g/mol. The standard InChI is InChI=1S/C19H21N3O4/c1-13-5-3-4-6-16(13)18(24)21-12-17(23)20-11-14-7-9-15(10-8-14)22-19(25)26-2/h3-10H,11-12H2,1-2H3,(H,20,23)(H,21,24)(H,22,25). The molecule has 0 atom stereocenters. The molecule has 2 aromatic rings. The summed E-state index contributed by atoms with van der Waals surface area (Å²) in [5.41, 5.74) is 2.86. The fraction of sp³-hybridized carbons (Fsp3) is 0.211. The second kappa shape index (κ2) is 9.22. The Kier molecular flexibility index (Phi) is 6.73. The number of anilines is 1. The number of carbonyl (C=O) groups excluding carboxylic acids is 3. The number of amides is 3. The van der Waals surface area contributed by atoms with Crippen LogP contribution >= 0.6 is 0 Å². The summed E-state index contributed by atoms with van der Waals surface area (Å²) < 4.78 is 4.51. The molecule has 0 bridgehead atoms. The third-order valence-electron chi connectivity index (χ3n) is 3.67. The number of hydrogen-bond acceptors (Lipinski definition) is 4. The minimum absolute atomic E-state index is 0.102. The Bertz CT molecular complexity index is 788. The zero-order valence-corrected chi connectivity index (χ0v) is 14.7. The third kappa shape index (κ3) is 5.62. The van der Waals surface area contributed by atoms with Crippen molar-refractivity contribution in [1.29, 1.82) is 0 Å². The van der Waals surface area contributed by atoms with E-state index in [9.17, 15) is 14.4 Å². The van der Waals surface area contributed by atoms with Gasteiger partial charge in [-0.1, -0.05) is 30.3 Å². The first-order valence-corrected chi connectivity index (χ1v) is 8.04. The molecule has 0 saturated heterocycles. The summed E-state index contributed by atoms with van der Waals surface area (Å²) in [6.45, 7) is 2.06. The number of benzene rings is 2. The van der Waals surface area contributed by atoms with Crippen molar-refractivity contribution in [3.05, 3.63) is 65.2 Å². The van der Waals surface area contributed by atoms with E-state index in [2.05, 4.69) is 20.7 Å². The maximum atomic E-state index is 12.1. The summed E-state index contributed by atoms with van der Waals surface area (Å²) >= 11 is 0. The maximum absolute atomic E-state index is 12.1. The van der Waals surface area contributed by atoms with Crippen LogP contribution in [-0.4, -0.2) is 31.6 Å². The first-order valence-electron chi connectivity index (χ1n) is 8.04. The number of rotatable bonds is 6. The highest BCUT2D eigenvalue weighted by atomic mass is 16.5. The number of nitrogens with one attached hydrogen (secondary N) is 3. The van der Waals surface area contributed by atoms with Gasteiger partial charge in [0.15, 0.2) is 0 Å². The van der Waals surface area contributed by atoms with Crippen molar-refractivity contribution in [1.82, 2.24) is 10.6 Å². The van der Waals surface area contributed by atoms with E-state index in [1.807, 2.05) is 19.1 Å². The van der Waals surface area contributed by atoms with Gasteiger partial charge in [-0.2, -0.15) is 0 Å². The van der Waals surface area contributed by atoms with Crippen LogP contribution in [0.5, 0.6) is 0 Å². The third-order valence-corrected chi connectivity index (χ3v) is 3.67. The van der Waals surface area contributed by atoms with Gasteiger partial charge in [0, 0.05) is 17.8 Å². The fourth-order valence-electron chi connectivity index (χ4n) is 2.22. The minimum atomic E-state index is -0.546. The van der Waals surface area contributed by atoms with Crippen molar-refractivity contribution in [3.63, 3.8) is 0 Å². The molecule has 2 rings (SSSR count). The fourth-order valence-corrected chi connectivity index (χ4v) is 2.22. The van der Waals surface area contributed by atoms with Gasteiger partial charge < -0.3 is 15.4 Å². The van der Waals surface area contributed by atoms with Gasteiger partial charge in [-0.15, -0.1) is 0 Å². The van der Waals surface area contributed by atoms with E-state index in [1.54, 1.807) is 36.4 Å². The van der Waals surface area contributed by atoms with E-state index < -0.39 is 6.09 Å². The molecular formula is C19H21N3O4. The van der Waals surface area contributed by atoms with E-state index in [0.717, 1.165) is 11.1 Å². The van der Waals surface area contributed by atoms with Crippen molar-refractivity contribution < 1.29 is 19.1 Å². The molecule has 0 fully saturated rings. The van der Waals surface area contributed by atoms with E-state index >= 15 is 0 Å².